The molecule has 25 heavy (non-hydrogen) atoms. The molecule has 0 saturated carbocycles. The molecule has 0 bridgehead atoms. The van der Waals surface area contributed by atoms with Crippen LogP contribution in [0.2, 0.25) is 0 Å². The highest BCUT2D eigenvalue weighted by Crippen LogP contribution is 2.24. The van der Waals surface area contributed by atoms with Crippen molar-refractivity contribution in [1.82, 2.24) is 4.90 Å². The number of hydrogen-bond acceptors (Lipinski definition) is 4. The molecule has 1 amide bonds. The molecule has 6 nitrogen and oxygen atoms in total. The molecule has 1 unspecified atom stereocenters. The topological polar surface area (TPSA) is 76.1 Å². The molecule has 1 N–H and O–H groups in total. The first-order chi connectivity index (χ1) is 11.8. The number of ether oxygens (including phenoxy) is 2. The first-order valence-electron chi connectivity index (χ1n) is 8.62. The van der Waals surface area contributed by atoms with Gasteiger partial charge in [0, 0.05) is 13.0 Å². The Morgan fingerprint density at radius 1 is 1.28 bits per heavy atom. The summed E-state index contributed by atoms with van der Waals surface area (Å²) in [6, 6.07) is 7.08. The van der Waals surface area contributed by atoms with Crippen LogP contribution in [0.5, 0.6) is 5.75 Å². The van der Waals surface area contributed by atoms with Gasteiger partial charge in [-0.05, 0) is 29.5 Å². The third-order valence-corrected chi connectivity index (χ3v) is 4.26. The molecule has 0 aromatic heterocycles. The van der Waals surface area contributed by atoms with E-state index in [1.165, 1.54) is 10.5 Å². The zero-order valence-electron chi connectivity index (χ0n) is 15.2. The Morgan fingerprint density at radius 3 is 2.56 bits per heavy atom. The number of carboxylic acid groups (broad SMARTS) is 1. The Hall–Kier alpha value is -2.08. The number of carbonyl (C=O) groups excluding carboxylic acids is 1. The maximum absolute atomic E-state index is 12.2. The first-order valence-corrected chi connectivity index (χ1v) is 8.62. The Kier molecular flexibility index (Phi) is 6.42. The highest BCUT2D eigenvalue weighted by Gasteiger charge is 2.32. The standard InChI is InChI=1S/C19H27NO5/c1-19(2,3)14-6-8-15(9-7-14)25-11-4-5-17(21)20-10-12-24-13-16(20)18(22)23/h6-9,16H,4-5,10-13H2,1-3H3,(H,22,23). The fraction of sp³-hybridized carbons (Fsp3) is 0.579. The zero-order chi connectivity index (χ0) is 18.4. The van der Waals surface area contributed by atoms with Gasteiger partial charge in [-0.2, -0.15) is 0 Å². The average molecular weight is 349 g/mol. The molecule has 0 aliphatic carbocycles. The summed E-state index contributed by atoms with van der Waals surface area (Å²) in [5.41, 5.74) is 1.34. The lowest BCUT2D eigenvalue weighted by Crippen LogP contribution is -2.52. The second-order valence-electron chi connectivity index (χ2n) is 7.24. The minimum Gasteiger partial charge on any atom is -0.494 e. The lowest BCUT2D eigenvalue weighted by atomic mass is 9.87. The molecule has 1 heterocycles. The van der Waals surface area contributed by atoms with Crippen LogP contribution in [0.15, 0.2) is 24.3 Å². The molecule has 0 radical (unpaired) electrons. The number of nitrogens with zero attached hydrogens (tertiary/aromatic N) is 1. The minimum absolute atomic E-state index is 0.0533. The summed E-state index contributed by atoms with van der Waals surface area (Å²) in [5, 5.41) is 9.16. The van der Waals surface area contributed by atoms with Crippen molar-refractivity contribution in [1.29, 1.82) is 0 Å². The van der Waals surface area contributed by atoms with Gasteiger partial charge in [0.05, 0.1) is 19.8 Å². The predicted molar refractivity (Wildman–Crippen MR) is 93.8 cm³/mol. The molecule has 1 atom stereocenters. The van der Waals surface area contributed by atoms with Gasteiger partial charge in [-0.15, -0.1) is 0 Å². The fourth-order valence-electron chi connectivity index (χ4n) is 2.71. The van der Waals surface area contributed by atoms with Gasteiger partial charge in [0.15, 0.2) is 6.04 Å². The van der Waals surface area contributed by atoms with Gasteiger partial charge in [0.1, 0.15) is 5.75 Å². The van der Waals surface area contributed by atoms with Crippen LogP contribution in [-0.2, 0) is 19.7 Å². The third kappa shape index (κ3) is 5.46. The number of carbonyl (C=O) groups is 2. The van der Waals surface area contributed by atoms with Crippen molar-refractivity contribution in [2.75, 3.05) is 26.4 Å². The molecule has 1 saturated heterocycles. The van der Waals surface area contributed by atoms with E-state index < -0.39 is 12.0 Å². The lowest BCUT2D eigenvalue weighted by Gasteiger charge is -2.32. The van der Waals surface area contributed by atoms with E-state index in [0.717, 1.165) is 5.75 Å². The molecule has 0 spiro atoms. The van der Waals surface area contributed by atoms with E-state index in [9.17, 15) is 9.59 Å². The highest BCUT2D eigenvalue weighted by atomic mass is 16.5. The van der Waals surface area contributed by atoms with Gasteiger partial charge in [-0.1, -0.05) is 32.9 Å². The molecular formula is C19H27NO5. The van der Waals surface area contributed by atoms with Gasteiger partial charge in [-0.25, -0.2) is 4.79 Å². The number of amides is 1. The van der Waals surface area contributed by atoms with Crippen molar-refractivity contribution in [3.63, 3.8) is 0 Å². The number of morpholine rings is 1. The van der Waals surface area contributed by atoms with E-state index in [1.807, 2.05) is 24.3 Å². The Labute approximate surface area is 148 Å². The van der Waals surface area contributed by atoms with E-state index >= 15 is 0 Å². The number of aliphatic carboxylic acids is 1. The van der Waals surface area contributed by atoms with E-state index in [2.05, 4.69) is 20.8 Å². The number of rotatable bonds is 6. The second kappa shape index (κ2) is 8.34. The second-order valence-corrected chi connectivity index (χ2v) is 7.24. The number of carboxylic acids is 1. The minimum atomic E-state index is -1.02. The summed E-state index contributed by atoms with van der Waals surface area (Å²) in [6.45, 7) is 7.65. The van der Waals surface area contributed by atoms with Gasteiger partial charge in [0.2, 0.25) is 5.91 Å². The number of benzene rings is 1. The van der Waals surface area contributed by atoms with Crippen LogP contribution in [0.3, 0.4) is 0 Å². The summed E-state index contributed by atoms with van der Waals surface area (Å²) >= 11 is 0. The molecule has 138 valence electrons. The maximum atomic E-state index is 12.2. The smallest absolute Gasteiger partial charge is 0.328 e. The quantitative estimate of drug-likeness (QED) is 0.799. The van der Waals surface area contributed by atoms with Gasteiger partial charge >= 0.3 is 5.97 Å². The largest absolute Gasteiger partial charge is 0.494 e. The molecule has 1 aromatic carbocycles. The van der Waals surface area contributed by atoms with E-state index in [0.29, 0.717) is 26.2 Å². The summed E-state index contributed by atoms with van der Waals surface area (Å²) in [5.74, 6) is -0.416. The van der Waals surface area contributed by atoms with Crippen molar-refractivity contribution in [3.8, 4) is 5.75 Å². The van der Waals surface area contributed by atoms with Crippen LogP contribution in [0, 0.1) is 0 Å². The van der Waals surface area contributed by atoms with Crippen molar-refractivity contribution in [2.24, 2.45) is 0 Å². The van der Waals surface area contributed by atoms with Gasteiger partial charge < -0.3 is 19.5 Å². The number of hydrogen-bond donors (Lipinski definition) is 1. The summed E-state index contributed by atoms with van der Waals surface area (Å²) in [7, 11) is 0. The van der Waals surface area contributed by atoms with E-state index in [-0.39, 0.29) is 24.3 Å². The van der Waals surface area contributed by atoms with Crippen LogP contribution in [0.4, 0.5) is 0 Å². The van der Waals surface area contributed by atoms with Crippen molar-refractivity contribution in [2.45, 2.75) is 45.1 Å². The Morgan fingerprint density at radius 2 is 1.96 bits per heavy atom. The fourth-order valence-corrected chi connectivity index (χ4v) is 2.71. The highest BCUT2D eigenvalue weighted by molar-refractivity contribution is 5.84. The summed E-state index contributed by atoms with van der Waals surface area (Å²) in [4.78, 5) is 24.8. The third-order valence-electron chi connectivity index (χ3n) is 4.26. The van der Waals surface area contributed by atoms with Crippen LogP contribution in [-0.4, -0.2) is 54.3 Å². The van der Waals surface area contributed by atoms with Crippen molar-refractivity contribution >= 4 is 11.9 Å². The molecule has 2 rings (SSSR count). The molecule has 1 fully saturated rings. The SMILES string of the molecule is CC(C)(C)c1ccc(OCCCC(=O)N2CCOCC2C(=O)O)cc1. The molecule has 1 aromatic rings. The van der Waals surface area contributed by atoms with Crippen molar-refractivity contribution < 1.29 is 24.2 Å². The van der Waals surface area contributed by atoms with Gasteiger partial charge in [-0.3, -0.25) is 4.79 Å². The monoisotopic (exact) mass is 349 g/mol. The average Bonchev–Trinajstić information content (AvgIpc) is 2.58. The predicted octanol–water partition coefficient (Wildman–Crippen LogP) is 2.46. The Bertz CT molecular complexity index is 591. The van der Waals surface area contributed by atoms with Crippen LogP contribution in [0.1, 0.15) is 39.2 Å². The van der Waals surface area contributed by atoms with Crippen molar-refractivity contribution in [3.05, 3.63) is 29.8 Å². The molecular weight excluding hydrogens is 322 g/mol. The molecule has 6 heteroatoms. The van der Waals surface area contributed by atoms with Crippen LogP contribution < -0.4 is 4.74 Å². The first kappa shape index (κ1) is 19.2. The maximum Gasteiger partial charge on any atom is 0.328 e. The zero-order valence-corrected chi connectivity index (χ0v) is 15.2. The molecule has 1 aliphatic heterocycles. The Balaban J connectivity index is 1.77. The van der Waals surface area contributed by atoms with Gasteiger partial charge in [0.25, 0.3) is 0 Å². The van der Waals surface area contributed by atoms with Crippen LogP contribution in [0.25, 0.3) is 0 Å². The summed E-state index contributed by atoms with van der Waals surface area (Å²) < 4.78 is 10.8. The van der Waals surface area contributed by atoms with E-state index in [4.69, 9.17) is 14.6 Å². The normalized spacial score (nSPS) is 18.0. The lowest BCUT2D eigenvalue weighted by molar-refractivity contribution is -0.158. The van der Waals surface area contributed by atoms with Crippen LogP contribution >= 0.6 is 0 Å². The summed E-state index contributed by atoms with van der Waals surface area (Å²) in [6.07, 6.45) is 0.813. The van der Waals surface area contributed by atoms with E-state index in [1.54, 1.807) is 0 Å². The molecule has 1 aliphatic rings.